The standard InChI is InChI=1S/C20H12Cl2FN3O2/c1-11-5-7-16(14(23)9-11)28-17-8-6-15-19(20(27)24-10-26(15)25-17)18-12(21)3-2-4-13(18)22/h2-10H,1H3. The van der Waals surface area contributed by atoms with Crippen LogP contribution in [-0.4, -0.2) is 14.6 Å². The first-order chi connectivity index (χ1) is 13.4. The van der Waals surface area contributed by atoms with Gasteiger partial charge in [-0.2, -0.15) is 4.98 Å². The molecule has 0 amide bonds. The van der Waals surface area contributed by atoms with Crippen LogP contribution in [0.5, 0.6) is 11.6 Å². The fourth-order valence-corrected chi connectivity index (χ4v) is 3.40. The van der Waals surface area contributed by atoms with Crippen LogP contribution >= 0.6 is 23.2 Å². The molecule has 0 bridgehead atoms. The zero-order chi connectivity index (χ0) is 19.8. The van der Waals surface area contributed by atoms with Crippen molar-refractivity contribution >= 4 is 28.7 Å². The van der Waals surface area contributed by atoms with Crippen LogP contribution in [0.3, 0.4) is 0 Å². The number of aryl methyl sites for hydroxylation is 1. The molecule has 0 unspecified atom stereocenters. The Labute approximate surface area is 168 Å². The second-order valence-corrected chi connectivity index (χ2v) is 6.87. The Bertz CT molecular complexity index is 1250. The summed E-state index contributed by atoms with van der Waals surface area (Å²) >= 11 is 12.5. The summed E-state index contributed by atoms with van der Waals surface area (Å²) in [6, 6.07) is 12.7. The second-order valence-electron chi connectivity index (χ2n) is 6.06. The highest BCUT2D eigenvalue weighted by Gasteiger charge is 2.17. The van der Waals surface area contributed by atoms with Gasteiger partial charge < -0.3 is 4.74 Å². The van der Waals surface area contributed by atoms with Gasteiger partial charge in [0.1, 0.15) is 6.33 Å². The Balaban J connectivity index is 1.84. The summed E-state index contributed by atoms with van der Waals surface area (Å²) in [6.07, 6.45) is 1.25. The number of benzene rings is 2. The molecule has 0 radical (unpaired) electrons. The number of ether oxygens (including phenoxy) is 1. The fraction of sp³-hybridized carbons (Fsp3) is 0.0500. The number of hydrogen-bond donors (Lipinski definition) is 0. The normalized spacial score (nSPS) is 11.0. The summed E-state index contributed by atoms with van der Waals surface area (Å²) in [4.78, 5) is 16.3. The van der Waals surface area contributed by atoms with E-state index in [0.717, 1.165) is 5.56 Å². The van der Waals surface area contributed by atoms with Gasteiger partial charge in [-0.15, -0.1) is 5.10 Å². The average Bonchev–Trinajstić information content (AvgIpc) is 2.65. The highest BCUT2D eigenvalue weighted by Crippen LogP contribution is 2.35. The van der Waals surface area contributed by atoms with Crippen molar-refractivity contribution in [2.75, 3.05) is 0 Å². The third-order valence-corrected chi connectivity index (χ3v) is 4.74. The van der Waals surface area contributed by atoms with Gasteiger partial charge in [0, 0.05) is 11.6 Å². The lowest BCUT2D eigenvalue weighted by Gasteiger charge is -2.11. The van der Waals surface area contributed by atoms with Gasteiger partial charge in [-0.05, 0) is 42.8 Å². The lowest BCUT2D eigenvalue weighted by atomic mass is 10.1. The molecule has 0 fully saturated rings. The number of halogens is 3. The Morgan fingerprint density at radius 3 is 2.50 bits per heavy atom. The van der Waals surface area contributed by atoms with Crippen molar-refractivity contribution < 1.29 is 9.13 Å². The molecule has 0 aliphatic rings. The van der Waals surface area contributed by atoms with Crippen molar-refractivity contribution in [2.24, 2.45) is 0 Å². The third kappa shape index (κ3) is 3.32. The molecule has 0 saturated heterocycles. The van der Waals surface area contributed by atoms with Crippen LogP contribution in [0.25, 0.3) is 16.6 Å². The van der Waals surface area contributed by atoms with Gasteiger partial charge in [0.05, 0.1) is 21.1 Å². The van der Waals surface area contributed by atoms with E-state index in [0.29, 0.717) is 21.1 Å². The first-order valence-electron chi connectivity index (χ1n) is 8.21. The Morgan fingerprint density at radius 2 is 1.79 bits per heavy atom. The maximum atomic E-state index is 14.0. The van der Waals surface area contributed by atoms with Gasteiger partial charge in [0.15, 0.2) is 11.6 Å². The minimum Gasteiger partial charge on any atom is -0.435 e. The zero-order valence-electron chi connectivity index (χ0n) is 14.5. The maximum absolute atomic E-state index is 14.0. The molecule has 0 atom stereocenters. The van der Waals surface area contributed by atoms with E-state index in [-0.39, 0.29) is 17.2 Å². The molecule has 2 aromatic heterocycles. The van der Waals surface area contributed by atoms with Crippen LogP contribution in [0.2, 0.25) is 10.0 Å². The molecular weight excluding hydrogens is 404 g/mol. The topological polar surface area (TPSA) is 56.5 Å². The molecule has 0 saturated carbocycles. The summed E-state index contributed by atoms with van der Waals surface area (Å²) in [5.74, 6) is -0.318. The molecule has 4 aromatic rings. The molecule has 8 heteroatoms. The van der Waals surface area contributed by atoms with Crippen molar-refractivity contribution in [3.05, 3.63) is 86.6 Å². The zero-order valence-corrected chi connectivity index (χ0v) is 16.0. The molecular formula is C20H12Cl2FN3O2. The summed E-state index contributed by atoms with van der Waals surface area (Å²) in [5, 5.41) is 4.90. The van der Waals surface area contributed by atoms with Crippen molar-refractivity contribution in [3.63, 3.8) is 0 Å². The van der Waals surface area contributed by atoms with Crippen molar-refractivity contribution in [1.82, 2.24) is 14.6 Å². The fourth-order valence-electron chi connectivity index (χ4n) is 2.81. The number of fused-ring (bicyclic) bond motifs is 1. The van der Waals surface area contributed by atoms with Crippen LogP contribution in [0.15, 0.2) is 59.7 Å². The molecule has 2 heterocycles. The Hall–Kier alpha value is -2.96. The Kier molecular flexibility index (Phi) is 4.75. The SMILES string of the molecule is Cc1ccc(Oc2ccc3c(-c4c(Cl)cccc4Cl)c(=O)ncn3n2)c(F)c1. The number of aromatic nitrogens is 3. The maximum Gasteiger partial charge on any atom is 0.281 e. The van der Waals surface area contributed by atoms with Crippen molar-refractivity contribution in [1.29, 1.82) is 0 Å². The highest BCUT2D eigenvalue weighted by molar-refractivity contribution is 6.39. The largest absolute Gasteiger partial charge is 0.435 e. The van der Waals surface area contributed by atoms with E-state index in [1.807, 2.05) is 0 Å². The van der Waals surface area contributed by atoms with Crippen LogP contribution < -0.4 is 10.3 Å². The molecule has 2 aromatic carbocycles. The molecule has 5 nitrogen and oxygen atoms in total. The van der Waals surface area contributed by atoms with Gasteiger partial charge in [0.25, 0.3) is 5.56 Å². The average molecular weight is 416 g/mol. The van der Waals surface area contributed by atoms with E-state index < -0.39 is 11.4 Å². The highest BCUT2D eigenvalue weighted by atomic mass is 35.5. The summed E-state index contributed by atoms with van der Waals surface area (Å²) in [5.41, 5.74) is 1.32. The minimum atomic E-state index is -0.497. The first-order valence-corrected chi connectivity index (χ1v) is 8.97. The molecule has 0 aliphatic carbocycles. The van der Waals surface area contributed by atoms with Gasteiger partial charge in [-0.25, -0.2) is 8.91 Å². The lowest BCUT2D eigenvalue weighted by Crippen LogP contribution is -2.14. The van der Waals surface area contributed by atoms with Crippen LogP contribution in [0, 0.1) is 12.7 Å². The van der Waals surface area contributed by atoms with Gasteiger partial charge in [-0.1, -0.05) is 35.3 Å². The molecule has 0 N–H and O–H groups in total. The number of nitrogens with zero attached hydrogens (tertiary/aromatic N) is 3. The minimum absolute atomic E-state index is 0.0424. The van der Waals surface area contributed by atoms with E-state index in [4.69, 9.17) is 27.9 Å². The molecule has 28 heavy (non-hydrogen) atoms. The van der Waals surface area contributed by atoms with E-state index in [1.54, 1.807) is 37.3 Å². The first kappa shape index (κ1) is 18.4. The van der Waals surface area contributed by atoms with Gasteiger partial charge in [-0.3, -0.25) is 4.79 Å². The number of rotatable bonds is 3. The third-order valence-electron chi connectivity index (χ3n) is 4.11. The second kappa shape index (κ2) is 7.22. The quantitative estimate of drug-likeness (QED) is 0.455. The lowest BCUT2D eigenvalue weighted by molar-refractivity contribution is 0.419. The van der Waals surface area contributed by atoms with Crippen molar-refractivity contribution in [2.45, 2.75) is 6.92 Å². The monoisotopic (exact) mass is 415 g/mol. The predicted octanol–water partition coefficient (Wildman–Crippen LogP) is 5.30. The molecule has 4 rings (SSSR count). The Morgan fingerprint density at radius 1 is 1.04 bits per heavy atom. The van der Waals surface area contributed by atoms with E-state index in [2.05, 4.69) is 10.1 Å². The summed E-state index contributed by atoms with van der Waals surface area (Å²) in [6.45, 7) is 1.78. The number of hydrogen-bond acceptors (Lipinski definition) is 4. The van der Waals surface area contributed by atoms with E-state index in [9.17, 15) is 9.18 Å². The molecule has 0 spiro atoms. The molecule has 140 valence electrons. The van der Waals surface area contributed by atoms with Crippen molar-refractivity contribution in [3.8, 4) is 22.8 Å². The van der Waals surface area contributed by atoms with E-state index in [1.165, 1.54) is 29.0 Å². The van der Waals surface area contributed by atoms with Gasteiger partial charge >= 0.3 is 0 Å². The van der Waals surface area contributed by atoms with Gasteiger partial charge in [0.2, 0.25) is 5.88 Å². The van der Waals surface area contributed by atoms with Crippen LogP contribution in [-0.2, 0) is 0 Å². The van der Waals surface area contributed by atoms with E-state index >= 15 is 0 Å². The molecule has 0 aliphatic heterocycles. The van der Waals surface area contributed by atoms with Crippen LogP contribution in [0.4, 0.5) is 4.39 Å². The summed E-state index contributed by atoms with van der Waals surface area (Å²) in [7, 11) is 0. The summed E-state index contributed by atoms with van der Waals surface area (Å²) < 4.78 is 20.9. The smallest absolute Gasteiger partial charge is 0.281 e. The predicted molar refractivity (Wildman–Crippen MR) is 106 cm³/mol. The van der Waals surface area contributed by atoms with Crippen LogP contribution in [0.1, 0.15) is 5.56 Å².